The molecule has 1 heterocycles. The predicted molar refractivity (Wildman–Crippen MR) is 173 cm³/mol. The number of aromatic nitrogens is 1. The van der Waals surface area contributed by atoms with Gasteiger partial charge in [-0.1, -0.05) is 42.5 Å². The molecule has 8 heteroatoms. The molecule has 0 amide bonds. The van der Waals surface area contributed by atoms with Crippen molar-refractivity contribution in [2.45, 2.75) is 38.2 Å². The van der Waals surface area contributed by atoms with Gasteiger partial charge in [-0.15, -0.1) is 0 Å². The number of phenolic OH excluding ortho intramolecular Hbond substituents is 3. The third kappa shape index (κ3) is 7.77. The number of Topliss-reactive ketones (excluding diaryl/α,β-unsaturated/α-hetero) is 1. The van der Waals surface area contributed by atoms with Crippen molar-refractivity contribution >= 4 is 16.6 Å². The van der Waals surface area contributed by atoms with E-state index in [-0.39, 0.29) is 35.4 Å². The van der Waals surface area contributed by atoms with E-state index < -0.39 is 12.0 Å². The van der Waals surface area contributed by atoms with Gasteiger partial charge < -0.3 is 34.9 Å². The summed E-state index contributed by atoms with van der Waals surface area (Å²) in [7, 11) is 2.97. The molecule has 3 atom stereocenters. The first-order valence-electron chi connectivity index (χ1n) is 15.0. The maximum atomic E-state index is 14.1. The van der Waals surface area contributed by atoms with Crippen molar-refractivity contribution in [1.82, 2.24) is 4.98 Å². The molecule has 0 aliphatic carbocycles. The number of aliphatic hydroxyl groups excluding tert-OH is 1. The Kier molecular flexibility index (Phi) is 9.95. The van der Waals surface area contributed by atoms with E-state index in [0.717, 1.165) is 33.0 Å². The molecule has 234 valence electrons. The molecule has 0 aliphatic rings. The normalized spacial score (nSPS) is 13.3. The number of fused-ring (bicyclic) bond motifs is 1. The van der Waals surface area contributed by atoms with Crippen LogP contribution in [0.2, 0.25) is 0 Å². The van der Waals surface area contributed by atoms with Crippen LogP contribution in [-0.2, 0) is 30.5 Å². The largest absolute Gasteiger partial charge is 0.507 e. The minimum absolute atomic E-state index is 0.0115. The van der Waals surface area contributed by atoms with E-state index in [1.807, 2.05) is 48.8 Å². The van der Waals surface area contributed by atoms with Crippen molar-refractivity contribution in [1.29, 1.82) is 0 Å². The molecule has 45 heavy (non-hydrogen) atoms. The summed E-state index contributed by atoms with van der Waals surface area (Å²) in [6.45, 7) is 0. The Bertz CT molecular complexity index is 1750. The van der Waals surface area contributed by atoms with Crippen LogP contribution in [0.25, 0.3) is 10.8 Å². The van der Waals surface area contributed by atoms with E-state index in [1.54, 1.807) is 42.5 Å². The first-order chi connectivity index (χ1) is 21.7. The lowest BCUT2D eigenvalue weighted by Gasteiger charge is -2.25. The van der Waals surface area contributed by atoms with Crippen LogP contribution < -0.4 is 9.47 Å². The second kappa shape index (κ2) is 14.2. The second-order valence-electron chi connectivity index (χ2n) is 11.6. The minimum Gasteiger partial charge on any atom is -0.507 e. The lowest BCUT2D eigenvalue weighted by Crippen LogP contribution is -2.31. The molecule has 5 rings (SSSR count). The standard InChI is InChI=1S/C37H39NO7/c1-44-36-19-23(7-9-31(36)39)13-28(15-25-11-12-38-22-25)33(41)21-34(42)29(14-24-8-10-32(40)37(20-24)45-2)17-26-16-27-5-3-4-6-30(27)35(43)18-26/h3-12,16,18-20,22,28-29,33,38-41,43H,13-15,17,21H2,1-2H3. The number of nitrogens with one attached hydrogen (secondary N) is 1. The molecule has 0 fully saturated rings. The van der Waals surface area contributed by atoms with Crippen molar-refractivity contribution in [3.63, 3.8) is 0 Å². The zero-order chi connectivity index (χ0) is 31.9. The quantitative estimate of drug-likeness (QED) is 0.102. The lowest BCUT2D eigenvalue weighted by atomic mass is 9.82. The molecule has 0 spiro atoms. The summed E-state index contributed by atoms with van der Waals surface area (Å²) < 4.78 is 10.6. The highest BCUT2D eigenvalue weighted by Gasteiger charge is 2.28. The fourth-order valence-electron chi connectivity index (χ4n) is 6.01. The Morgan fingerprint density at radius 3 is 1.98 bits per heavy atom. The summed E-state index contributed by atoms with van der Waals surface area (Å²) in [5.74, 6) is -0.0557. The zero-order valence-corrected chi connectivity index (χ0v) is 25.4. The fraction of sp³-hybridized carbons (Fsp3) is 0.270. The van der Waals surface area contributed by atoms with Crippen molar-refractivity contribution in [2.24, 2.45) is 11.8 Å². The summed E-state index contributed by atoms with van der Waals surface area (Å²) in [6.07, 6.45) is 4.41. The topological polar surface area (TPSA) is 132 Å². The number of aliphatic hydroxyl groups is 1. The van der Waals surface area contributed by atoms with Crippen LogP contribution in [0, 0.1) is 11.8 Å². The van der Waals surface area contributed by atoms with Gasteiger partial charge in [0.1, 0.15) is 11.5 Å². The first kappa shape index (κ1) is 31.5. The van der Waals surface area contributed by atoms with Crippen molar-refractivity contribution in [3.05, 3.63) is 114 Å². The number of hydrogen-bond donors (Lipinski definition) is 5. The van der Waals surface area contributed by atoms with E-state index in [2.05, 4.69) is 4.98 Å². The number of carbonyl (C=O) groups is 1. The molecule has 0 radical (unpaired) electrons. The Balaban J connectivity index is 1.42. The van der Waals surface area contributed by atoms with Crippen LogP contribution in [0.1, 0.15) is 28.7 Å². The molecular weight excluding hydrogens is 570 g/mol. The molecule has 0 saturated carbocycles. The van der Waals surface area contributed by atoms with Gasteiger partial charge in [0.25, 0.3) is 0 Å². The smallest absolute Gasteiger partial charge is 0.160 e. The summed E-state index contributed by atoms with van der Waals surface area (Å²) in [5.41, 5.74) is 3.50. The summed E-state index contributed by atoms with van der Waals surface area (Å²) in [6, 6.07) is 23.3. The molecule has 1 aromatic heterocycles. The number of aromatic amines is 1. The van der Waals surface area contributed by atoms with E-state index >= 15 is 0 Å². The maximum Gasteiger partial charge on any atom is 0.160 e. The van der Waals surface area contributed by atoms with Gasteiger partial charge in [-0.05, 0) is 95.6 Å². The Hall–Kier alpha value is -4.95. The average Bonchev–Trinajstić information content (AvgIpc) is 3.55. The van der Waals surface area contributed by atoms with E-state index in [0.29, 0.717) is 37.2 Å². The number of carbonyl (C=O) groups excluding carboxylic acids is 1. The molecule has 5 N–H and O–H groups in total. The van der Waals surface area contributed by atoms with Crippen molar-refractivity contribution < 1.29 is 34.7 Å². The summed E-state index contributed by atoms with van der Waals surface area (Å²) in [4.78, 5) is 17.1. The van der Waals surface area contributed by atoms with E-state index in [1.165, 1.54) is 14.2 Å². The number of rotatable bonds is 14. The van der Waals surface area contributed by atoms with E-state index in [4.69, 9.17) is 9.47 Å². The molecule has 0 bridgehead atoms. The lowest BCUT2D eigenvalue weighted by molar-refractivity contribution is -0.125. The molecule has 5 aromatic rings. The van der Waals surface area contributed by atoms with E-state index in [9.17, 15) is 25.2 Å². The highest BCUT2D eigenvalue weighted by atomic mass is 16.5. The number of H-pyrrole nitrogens is 1. The number of hydrogen-bond acceptors (Lipinski definition) is 7. The van der Waals surface area contributed by atoms with Gasteiger partial charge in [0.2, 0.25) is 0 Å². The van der Waals surface area contributed by atoms with Gasteiger partial charge in [-0.2, -0.15) is 0 Å². The molecule has 8 nitrogen and oxygen atoms in total. The number of aromatic hydroxyl groups is 3. The SMILES string of the molecule is COc1cc(CC(Cc2cc(O)c3ccccc3c2)C(=O)CC(O)C(Cc2cc[nH]c2)Cc2ccc(O)c(OC)c2)ccc1O. The van der Waals surface area contributed by atoms with Crippen LogP contribution >= 0.6 is 0 Å². The average molecular weight is 610 g/mol. The van der Waals surface area contributed by atoms with Gasteiger partial charge >= 0.3 is 0 Å². The number of benzene rings is 4. The minimum atomic E-state index is -0.950. The Morgan fingerprint density at radius 1 is 0.711 bits per heavy atom. The predicted octanol–water partition coefficient (Wildman–Crippen LogP) is 6.13. The van der Waals surface area contributed by atoms with Gasteiger partial charge in [-0.3, -0.25) is 4.79 Å². The zero-order valence-electron chi connectivity index (χ0n) is 25.4. The van der Waals surface area contributed by atoms with Gasteiger partial charge in [-0.25, -0.2) is 0 Å². The maximum absolute atomic E-state index is 14.1. The number of phenols is 3. The number of ketones is 1. The molecule has 3 unspecified atom stereocenters. The van der Waals surface area contributed by atoms with Crippen molar-refractivity contribution in [2.75, 3.05) is 14.2 Å². The Labute approximate surface area is 262 Å². The molecule has 0 saturated heterocycles. The van der Waals surface area contributed by atoms with Gasteiger partial charge in [0, 0.05) is 30.1 Å². The third-order valence-electron chi connectivity index (χ3n) is 8.42. The van der Waals surface area contributed by atoms with Gasteiger partial charge in [0.05, 0.1) is 20.3 Å². The van der Waals surface area contributed by atoms with Crippen LogP contribution in [0.15, 0.2) is 91.3 Å². The highest BCUT2D eigenvalue weighted by molar-refractivity contribution is 5.89. The van der Waals surface area contributed by atoms with Crippen LogP contribution in [0.5, 0.6) is 28.7 Å². The first-order valence-corrected chi connectivity index (χ1v) is 15.0. The summed E-state index contributed by atoms with van der Waals surface area (Å²) >= 11 is 0. The second-order valence-corrected chi connectivity index (χ2v) is 11.6. The van der Waals surface area contributed by atoms with Crippen LogP contribution in [-0.4, -0.2) is 51.5 Å². The monoisotopic (exact) mass is 609 g/mol. The van der Waals surface area contributed by atoms with Crippen LogP contribution in [0.3, 0.4) is 0 Å². The fourth-order valence-corrected chi connectivity index (χ4v) is 6.01. The number of methoxy groups -OCH3 is 2. The molecule has 4 aromatic carbocycles. The van der Waals surface area contributed by atoms with Crippen LogP contribution in [0.4, 0.5) is 0 Å². The summed E-state index contributed by atoms with van der Waals surface area (Å²) in [5, 5.41) is 44.1. The molecular formula is C37H39NO7. The highest BCUT2D eigenvalue weighted by Crippen LogP contribution is 2.33. The van der Waals surface area contributed by atoms with Gasteiger partial charge in [0.15, 0.2) is 23.0 Å². The Morgan fingerprint density at radius 2 is 1.33 bits per heavy atom. The molecule has 0 aliphatic heterocycles. The third-order valence-corrected chi connectivity index (χ3v) is 8.42. The number of ether oxygens (including phenoxy) is 2. The van der Waals surface area contributed by atoms with Crippen molar-refractivity contribution in [3.8, 4) is 28.7 Å².